The molecule has 4 heteroatoms. The van der Waals surface area contributed by atoms with Crippen LogP contribution in [-0.2, 0) is 14.0 Å². The zero-order chi connectivity index (χ0) is 31.3. The van der Waals surface area contributed by atoms with Crippen molar-refractivity contribution in [3.63, 3.8) is 0 Å². The third kappa shape index (κ3) is 6.80. The lowest BCUT2D eigenvalue weighted by Gasteiger charge is -2.59. The minimum Gasteiger partial charge on any atom is -0.465 e. The number of hydrogen-bond acceptors (Lipinski definition) is 3. The van der Waals surface area contributed by atoms with Crippen molar-refractivity contribution in [2.45, 2.75) is 164 Å². The molecule has 42 heavy (non-hydrogen) atoms. The standard InChI is InChI=1S/C38H68O3Si/c1-26(25-40-34(39)35(3,4)5)14-13-15-27(2)31-18-19-32-30-17-16-28-24-29(41-42(11,12)36(6,7)8)20-22-37(28,9)33(30)21-23-38(31,32)10/h16,26-27,29-33H,13-15,17-25H2,1-12H3/t26-,27+,29-,30-,31+,32-,33-,37-,38+/m0/s1. The zero-order valence-electron chi connectivity index (χ0n) is 29.8. The first-order chi connectivity index (χ1) is 19.3. The van der Waals surface area contributed by atoms with E-state index in [0.29, 0.717) is 29.5 Å². The van der Waals surface area contributed by atoms with E-state index in [4.69, 9.17) is 9.16 Å². The summed E-state index contributed by atoms with van der Waals surface area (Å²) >= 11 is 0. The molecule has 4 rings (SSSR count). The van der Waals surface area contributed by atoms with E-state index in [2.05, 4.69) is 67.6 Å². The predicted octanol–water partition coefficient (Wildman–Crippen LogP) is 11.0. The molecule has 4 aliphatic carbocycles. The summed E-state index contributed by atoms with van der Waals surface area (Å²) in [6, 6.07) is 0. The van der Waals surface area contributed by atoms with Crippen LogP contribution in [0.15, 0.2) is 11.6 Å². The van der Waals surface area contributed by atoms with Crippen LogP contribution >= 0.6 is 0 Å². The Hall–Kier alpha value is -0.613. The largest absolute Gasteiger partial charge is 0.465 e. The number of ether oxygens (including phenoxy) is 1. The average Bonchev–Trinajstić information content (AvgIpc) is 3.23. The molecule has 0 spiro atoms. The van der Waals surface area contributed by atoms with Gasteiger partial charge in [-0.2, -0.15) is 0 Å². The molecule has 0 aromatic rings. The van der Waals surface area contributed by atoms with Crippen molar-refractivity contribution in [3.8, 4) is 0 Å². The summed E-state index contributed by atoms with van der Waals surface area (Å²) in [4.78, 5) is 12.2. The number of carbonyl (C=O) groups excluding carboxylic acids is 1. The maximum absolute atomic E-state index is 12.2. The normalized spacial score (nSPS) is 36.8. The van der Waals surface area contributed by atoms with Gasteiger partial charge in [0.2, 0.25) is 0 Å². The summed E-state index contributed by atoms with van der Waals surface area (Å²) in [5.41, 5.74) is 2.26. The van der Waals surface area contributed by atoms with Crippen LogP contribution in [0.5, 0.6) is 0 Å². The molecule has 0 aromatic carbocycles. The fraction of sp³-hybridized carbons (Fsp3) is 0.921. The minimum atomic E-state index is -1.73. The van der Waals surface area contributed by atoms with E-state index in [1.165, 1.54) is 64.2 Å². The van der Waals surface area contributed by atoms with E-state index >= 15 is 0 Å². The Balaban J connectivity index is 1.33. The van der Waals surface area contributed by atoms with Gasteiger partial charge in [0.15, 0.2) is 8.32 Å². The lowest BCUT2D eigenvalue weighted by Crippen LogP contribution is -2.52. The summed E-state index contributed by atoms with van der Waals surface area (Å²) in [6.45, 7) is 28.5. The van der Waals surface area contributed by atoms with Crippen molar-refractivity contribution in [2.24, 2.45) is 51.8 Å². The highest BCUT2D eigenvalue weighted by atomic mass is 28.4. The second-order valence-electron chi connectivity index (χ2n) is 18.6. The molecule has 0 aromatic heterocycles. The van der Waals surface area contributed by atoms with Gasteiger partial charge in [0, 0.05) is 6.10 Å². The van der Waals surface area contributed by atoms with Crippen LogP contribution < -0.4 is 0 Å². The third-order valence-electron chi connectivity index (χ3n) is 13.6. The zero-order valence-corrected chi connectivity index (χ0v) is 30.8. The van der Waals surface area contributed by atoms with Crippen LogP contribution in [0.25, 0.3) is 0 Å². The van der Waals surface area contributed by atoms with Gasteiger partial charge in [0.1, 0.15) is 0 Å². The molecule has 0 unspecified atom stereocenters. The van der Waals surface area contributed by atoms with Crippen LogP contribution in [0.2, 0.25) is 18.1 Å². The van der Waals surface area contributed by atoms with Crippen LogP contribution in [0.3, 0.4) is 0 Å². The van der Waals surface area contributed by atoms with Crippen molar-refractivity contribution in [2.75, 3.05) is 6.61 Å². The number of esters is 1. The van der Waals surface area contributed by atoms with Gasteiger partial charge in [-0.25, -0.2) is 0 Å². The van der Waals surface area contributed by atoms with Crippen LogP contribution in [0.4, 0.5) is 0 Å². The molecule has 0 amide bonds. The van der Waals surface area contributed by atoms with Crippen LogP contribution in [-0.4, -0.2) is 27.0 Å². The molecule has 0 saturated heterocycles. The van der Waals surface area contributed by atoms with E-state index in [1.807, 2.05) is 20.8 Å². The predicted molar refractivity (Wildman–Crippen MR) is 180 cm³/mol. The van der Waals surface area contributed by atoms with Crippen LogP contribution in [0.1, 0.15) is 140 Å². The first kappa shape index (κ1) is 34.3. The maximum Gasteiger partial charge on any atom is 0.311 e. The van der Waals surface area contributed by atoms with Gasteiger partial charge >= 0.3 is 5.97 Å². The van der Waals surface area contributed by atoms with Crippen LogP contribution in [0, 0.1) is 51.8 Å². The molecular formula is C38H68O3Si. The monoisotopic (exact) mass is 600 g/mol. The number of carbonyl (C=O) groups is 1. The highest BCUT2D eigenvalue weighted by Gasteiger charge is 2.59. The lowest BCUT2D eigenvalue weighted by atomic mass is 9.47. The highest BCUT2D eigenvalue weighted by molar-refractivity contribution is 6.74. The molecule has 4 aliphatic rings. The first-order valence-corrected chi connectivity index (χ1v) is 20.7. The summed E-state index contributed by atoms with van der Waals surface area (Å²) < 4.78 is 12.6. The topological polar surface area (TPSA) is 35.5 Å². The van der Waals surface area contributed by atoms with Crippen molar-refractivity contribution >= 4 is 14.3 Å². The summed E-state index contributed by atoms with van der Waals surface area (Å²) in [6.07, 6.45) is 17.7. The Bertz CT molecular complexity index is 985. The number of rotatable bonds is 9. The molecule has 0 radical (unpaired) electrons. The minimum absolute atomic E-state index is 0.0747. The molecule has 0 bridgehead atoms. The molecule has 0 aliphatic heterocycles. The molecule has 0 heterocycles. The quantitative estimate of drug-likeness (QED) is 0.150. The van der Waals surface area contributed by atoms with E-state index in [-0.39, 0.29) is 11.0 Å². The van der Waals surface area contributed by atoms with Gasteiger partial charge in [-0.1, -0.05) is 73.0 Å². The van der Waals surface area contributed by atoms with E-state index in [1.54, 1.807) is 5.57 Å². The second kappa shape index (κ2) is 12.3. The molecular weight excluding hydrogens is 533 g/mol. The van der Waals surface area contributed by atoms with Crippen molar-refractivity contribution in [3.05, 3.63) is 11.6 Å². The Kier molecular flexibility index (Phi) is 10.0. The van der Waals surface area contributed by atoms with Crippen molar-refractivity contribution < 1.29 is 14.0 Å². The van der Waals surface area contributed by atoms with E-state index in [9.17, 15) is 4.79 Å². The Morgan fingerprint density at radius 3 is 2.31 bits per heavy atom. The SMILES string of the molecule is C[C@@H](CCC[C@@H](C)[C@H]1CC[C@H]2[C@@H]3CC=C4C[C@@H](O[Si](C)(C)C(C)(C)C)CC[C@]4(C)[C@H]3CC[C@]12C)COC(=O)C(C)(C)C. The fourth-order valence-electron chi connectivity index (χ4n) is 9.80. The Morgan fingerprint density at radius 1 is 0.976 bits per heavy atom. The number of allylic oxidation sites excluding steroid dienone is 1. The lowest BCUT2D eigenvalue weighted by molar-refractivity contribution is -0.154. The smallest absolute Gasteiger partial charge is 0.311 e. The molecule has 9 atom stereocenters. The van der Waals surface area contributed by atoms with Gasteiger partial charge in [-0.05, 0) is 143 Å². The summed E-state index contributed by atoms with van der Waals surface area (Å²) in [7, 11) is -1.73. The second-order valence-corrected chi connectivity index (χ2v) is 23.3. The Labute approximate surface area is 261 Å². The van der Waals surface area contributed by atoms with E-state index < -0.39 is 13.7 Å². The van der Waals surface area contributed by atoms with Gasteiger partial charge in [-0.15, -0.1) is 0 Å². The molecule has 3 saturated carbocycles. The molecule has 0 N–H and O–H groups in total. The fourth-order valence-corrected chi connectivity index (χ4v) is 11.2. The molecule has 3 nitrogen and oxygen atoms in total. The van der Waals surface area contributed by atoms with Gasteiger partial charge < -0.3 is 9.16 Å². The first-order valence-electron chi connectivity index (χ1n) is 17.8. The third-order valence-corrected chi connectivity index (χ3v) is 18.1. The summed E-state index contributed by atoms with van der Waals surface area (Å²) in [5, 5.41) is 0.281. The van der Waals surface area contributed by atoms with Crippen molar-refractivity contribution in [1.82, 2.24) is 0 Å². The molecule has 242 valence electrons. The number of hydrogen-bond donors (Lipinski definition) is 0. The van der Waals surface area contributed by atoms with E-state index in [0.717, 1.165) is 36.0 Å². The van der Waals surface area contributed by atoms with Gasteiger partial charge in [-0.3, -0.25) is 4.79 Å². The van der Waals surface area contributed by atoms with Crippen molar-refractivity contribution in [1.29, 1.82) is 0 Å². The maximum atomic E-state index is 12.2. The highest BCUT2D eigenvalue weighted by Crippen LogP contribution is 2.67. The van der Waals surface area contributed by atoms with Gasteiger partial charge in [0.05, 0.1) is 12.0 Å². The number of fused-ring (bicyclic) bond motifs is 5. The molecule has 3 fully saturated rings. The Morgan fingerprint density at radius 2 is 1.67 bits per heavy atom. The summed E-state index contributed by atoms with van der Waals surface area (Å²) in [5.74, 6) is 4.67. The van der Waals surface area contributed by atoms with Gasteiger partial charge in [0.25, 0.3) is 0 Å². The average molecular weight is 601 g/mol.